The Kier molecular flexibility index (Phi) is 4.85. The Balaban J connectivity index is 2.09. The van der Waals surface area contributed by atoms with Crippen molar-refractivity contribution in [3.8, 4) is 11.5 Å². The lowest BCUT2D eigenvalue weighted by Gasteiger charge is -2.14. The van der Waals surface area contributed by atoms with Gasteiger partial charge >= 0.3 is 0 Å². The summed E-state index contributed by atoms with van der Waals surface area (Å²) in [6.07, 6.45) is 0. The van der Waals surface area contributed by atoms with Crippen molar-refractivity contribution < 1.29 is 9.84 Å². The average Bonchev–Trinajstić information content (AvgIpc) is 2.46. The molecule has 2 aromatic carbocycles. The van der Waals surface area contributed by atoms with E-state index in [0.29, 0.717) is 24.7 Å². The first-order chi connectivity index (χ1) is 9.70. The van der Waals surface area contributed by atoms with Gasteiger partial charge in [0.15, 0.2) is 0 Å². The Hall–Kier alpha value is -2.20. The zero-order valence-corrected chi connectivity index (χ0v) is 11.8. The lowest BCUT2D eigenvalue weighted by atomic mass is 10.1. The minimum absolute atomic E-state index is 0.186. The predicted molar refractivity (Wildman–Crippen MR) is 81.2 cm³/mol. The van der Waals surface area contributed by atoms with Gasteiger partial charge in [-0.1, -0.05) is 35.9 Å². The van der Waals surface area contributed by atoms with Crippen molar-refractivity contribution in [3.63, 3.8) is 0 Å². The van der Waals surface area contributed by atoms with E-state index in [4.69, 9.17) is 4.74 Å². The molecule has 0 fully saturated rings. The number of para-hydroxylation sites is 1. The van der Waals surface area contributed by atoms with Gasteiger partial charge in [0.05, 0.1) is 0 Å². The lowest BCUT2D eigenvalue weighted by Crippen LogP contribution is -2.15. The summed E-state index contributed by atoms with van der Waals surface area (Å²) >= 11 is 0. The number of phenols is 1. The molecule has 0 aromatic heterocycles. The first-order valence-electron chi connectivity index (χ1n) is 6.59. The molecule has 0 aliphatic carbocycles. The Morgan fingerprint density at radius 2 is 1.85 bits per heavy atom. The quantitative estimate of drug-likeness (QED) is 0.559. The number of aromatic hydroxyl groups is 1. The summed E-state index contributed by atoms with van der Waals surface area (Å²) in [6, 6.07) is 13.5. The summed E-state index contributed by atoms with van der Waals surface area (Å²) in [4.78, 5) is 0. The van der Waals surface area contributed by atoms with Crippen LogP contribution in [0, 0.1) is 6.92 Å². The van der Waals surface area contributed by atoms with Crippen molar-refractivity contribution in [2.45, 2.75) is 13.5 Å². The van der Waals surface area contributed by atoms with Crippen LogP contribution in [-0.4, -0.2) is 18.9 Å². The molecule has 2 aromatic rings. The third-order valence-electron chi connectivity index (χ3n) is 2.97. The summed E-state index contributed by atoms with van der Waals surface area (Å²) < 4.78 is 5.54. The van der Waals surface area contributed by atoms with Gasteiger partial charge in [-0.15, -0.1) is 0 Å². The van der Waals surface area contributed by atoms with Crippen LogP contribution in [0.4, 0.5) is 5.69 Å². The van der Waals surface area contributed by atoms with E-state index in [-0.39, 0.29) is 5.75 Å². The van der Waals surface area contributed by atoms with E-state index in [1.54, 1.807) is 12.1 Å². The molecule has 4 nitrogen and oxygen atoms in total. The van der Waals surface area contributed by atoms with Gasteiger partial charge in [0.2, 0.25) is 0 Å². The molecule has 2 rings (SSSR count). The van der Waals surface area contributed by atoms with Gasteiger partial charge in [-0.25, -0.2) is 0 Å². The van der Waals surface area contributed by atoms with E-state index >= 15 is 0 Å². The molecule has 0 amide bonds. The van der Waals surface area contributed by atoms with Crippen LogP contribution in [0.15, 0.2) is 42.5 Å². The fourth-order valence-electron chi connectivity index (χ4n) is 1.86. The molecule has 0 aliphatic heterocycles. The molecule has 0 atom stereocenters. The Bertz CT molecular complexity index is 553. The van der Waals surface area contributed by atoms with Crippen LogP contribution >= 0.6 is 0 Å². The highest BCUT2D eigenvalue weighted by Gasteiger charge is 2.08. The van der Waals surface area contributed by atoms with Crippen molar-refractivity contribution in [1.29, 1.82) is 0 Å². The number of hydrogen-bond acceptors (Lipinski definition) is 4. The van der Waals surface area contributed by atoms with Crippen LogP contribution in [0.2, 0.25) is 0 Å². The summed E-state index contributed by atoms with van der Waals surface area (Å²) in [5, 5.41) is 16.1. The number of rotatable bonds is 6. The fourth-order valence-corrected chi connectivity index (χ4v) is 1.86. The minimum Gasteiger partial charge on any atom is -0.506 e. The zero-order valence-electron chi connectivity index (χ0n) is 11.8. The van der Waals surface area contributed by atoms with Gasteiger partial charge in [0.1, 0.15) is 23.9 Å². The van der Waals surface area contributed by atoms with Crippen molar-refractivity contribution in [2.75, 3.05) is 19.1 Å². The number of nitrogens with one attached hydrogen (secondary N) is 2. The number of benzene rings is 2. The topological polar surface area (TPSA) is 53.5 Å². The van der Waals surface area contributed by atoms with E-state index in [1.165, 1.54) is 5.56 Å². The number of ether oxygens (including phenoxy) is 1. The Morgan fingerprint density at radius 1 is 1.10 bits per heavy atom. The normalized spacial score (nSPS) is 10.3. The second kappa shape index (κ2) is 6.82. The third-order valence-corrected chi connectivity index (χ3v) is 2.97. The van der Waals surface area contributed by atoms with E-state index in [0.717, 1.165) is 5.56 Å². The molecule has 106 valence electrons. The average molecular weight is 272 g/mol. The molecule has 0 radical (unpaired) electrons. The number of hydrogen-bond donors (Lipinski definition) is 3. The minimum atomic E-state index is 0.186. The zero-order chi connectivity index (χ0) is 14.4. The summed E-state index contributed by atoms with van der Waals surface area (Å²) in [5.41, 5.74) is 3.00. The summed E-state index contributed by atoms with van der Waals surface area (Å²) in [5.74, 6) is 0.817. The highest BCUT2D eigenvalue weighted by molar-refractivity contribution is 5.65. The van der Waals surface area contributed by atoms with Crippen LogP contribution in [-0.2, 0) is 6.54 Å². The van der Waals surface area contributed by atoms with Crippen molar-refractivity contribution in [3.05, 3.63) is 53.6 Å². The van der Waals surface area contributed by atoms with Crippen LogP contribution < -0.4 is 15.4 Å². The van der Waals surface area contributed by atoms with Crippen molar-refractivity contribution in [2.24, 2.45) is 0 Å². The molecule has 0 spiro atoms. The van der Waals surface area contributed by atoms with Gasteiger partial charge < -0.3 is 15.2 Å². The molecule has 4 heteroatoms. The molecular formula is C16H20N2O2. The van der Waals surface area contributed by atoms with Crippen molar-refractivity contribution >= 4 is 5.69 Å². The predicted octanol–water partition coefficient (Wildman–Crippen LogP) is 2.87. The lowest BCUT2D eigenvalue weighted by molar-refractivity contribution is 0.296. The van der Waals surface area contributed by atoms with Crippen LogP contribution in [0.5, 0.6) is 11.5 Å². The smallest absolute Gasteiger partial charge is 0.148 e. The Morgan fingerprint density at radius 3 is 2.55 bits per heavy atom. The van der Waals surface area contributed by atoms with E-state index in [2.05, 4.69) is 41.8 Å². The Labute approximate surface area is 119 Å². The second-order valence-corrected chi connectivity index (χ2v) is 4.63. The van der Waals surface area contributed by atoms with Gasteiger partial charge in [0.25, 0.3) is 0 Å². The molecule has 3 N–H and O–H groups in total. The monoisotopic (exact) mass is 272 g/mol. The summed E-state index contributed by atoms with van der Waals surface area (Å²) in [6.45, 7) is 3.08. The molecule has 0 saturated carbocycles. The van der Waals surface area contributed by atoms with Gasteiger partial charge in [-0.2, -0.15) is 0 Å². The maximum atomic E-state index is 9.95. The van der Waals surface area contributed by atoms with Crippen LogP contribution in [0.25, 0.3) is 0 Å². The standard InChI is InChI=1S/C16H20N2O2/c1-12-6-8-13(9-7-12)10-18-16-14(19)4-3-5-15(16)20-11-17-2/h3-9,17-19H,10-11H2,1-2H3. The number of phenolic OH excluding ortho intramolecular Hbond substituents is 1. The molecule has 0 heterocycles. The third kappa shape index (κ3) is 3.65. The van der Waals surface area contributed by atoms with E-state index < -0.39 is 0 Å². The molecule has 0 bridgehead atoms. The summed E-state index contributed by atoms with van der Waals surface area (Å²) in [7, 11) is 1.81. The molecule has 20 heavy (non-hydrogen) atoms. The first kappa shape index (κ1) is 14.2. The first-order valence-corrected chi connectivity index (χ1v) is 6.59. The van der Waals surface area contributed by atoms with Crippen molar-refractivity contribution in [1.82, 2.24) is 5.32 Å². The molecular weight excluding hydrogens is 252 g/mol. The highest BCUT2D eigenvalue weighted by Crippen LogP contribution is 2.33. The van der Waals surface area contributed by atoms with Gasteiger partial charge in [0, 0.05) is 6.54 Å². The van der Waals surface area contributed by atoms with Gasteiger partial charge in [-0.3, -0.25) is 5.32 Å². The van der Waals surface area contributed by atoms with Crippen LogP contribution in [0.3, 0.4) is 0 Å². The fraction of sp³-hybridized carbons (Fsp3) is 0.250. The highest BCUT2D eigenvalue weighted by atomic mass is 16.5. The second-order valence-electron chi connectivity index (χ2n) is 4.63. The maximum Gasteiger partial charge on any atom is 0.148 e. The number of aryl methyl sites for hydroxylation is 1. The largest absolute Gasteiger partial charge is 0.506 e. The van der Waals surface area contributed by atoms with Gasteiger partial charge in [-0.05, 0) is 31.7 Å². The SMILES string of the molecule is CNCOc1cccc(O)c1NCc1ccc(C)cc1. The number of anilines is 1. The van der Waals surface area contributed by atoms with E-state index in [9.17, 15) is 5.11 Å². The van der Waals surface area contributed by atoms with E-state index in [1.807, 2.05) is 13.1 Å². The molecule has 0 saturated heterocycles. The maximum absolute atomic E-state index is 9.95. The van der Waals surface area contributed by atoms with Crippen LogP contribution in [0.1, 0.15) is 11.1 Å². The molecule has 0 unspecified atom stereocenters. The molecule has 0 aliphatic rings.